The van der Waals surface area contributed by atoms with Gasteiger partial charge in [0.25, 0.3) is 5.91 Å². The van der Waals surface area contributed by atoms with E-state index in [1.54, 1.807) is 16.5 Å². The topological polar surface area (TPSA) is 71.5 Å². The first-order chi connectivity index (χ1) is 11.3. The lowest BCUT2D eigenvalue weighted by Gasteiger charge is -2.24. The van der Waals surface area contributed by atoms with Crippen LogP contribution in [0.2, 0.25) is 0 Å². The van der Waals surface area contributed by atoms with Crippen LogP contribution in [0.15, 0.2) is 23.7 Å². The molecule has 0 saturated carbocycles. The van der Waals surface area contributed by atoms with E-state index in [0.717, 1.165) is 16.6 Å². The van der Waals surface area contributed by atoms with Crippen molar-refractivity contribution in [2.75, 3.05) is 13.1 Å². The fourth-order valence-corrected chi connectivity index (χ4v) is 3.35. The molecule has 0 unspecified atom stereocenters. The molecule has 1 N–H and O–H groups in total. The van der Waals surface area contributed by atoms with E-state index in [1.807, 2.05) is 32.9 Å². The van der Waals surface area contributed by atoms with Crippen LogP contribution in [-0.2, 0) is 4.74 Å². The maximum Gasteiger partial charge on any atom is 0.410 e. The van der Waals surface area contributed by atoms with Gasteiger partial charge in [0, 0.05) is 24.7 Å². The van der Waals surface area contributed by atoms with Gasteiger partial charge in [0.2, 0.25) is 0 Å². The molecule has 2 aromatic rings. The van der Waals surface area contributed by atoms with Crippen LogP contribution in [-0.4, -0.2) is 46.6 Å². The van der Waals surface area contributed by atoms with Crippen LogP contribution >= 0.6 is 11.3 Å². The SMILES string of the molecule is CC(C)(C)OC(=O)N1CC[C@H](NC(=O)c2ccc3ncsc3c2)C1. The predicted octanol–water partition coefficient (Wildman–Crippen LogP) is 3.04. The van der Waals surface area contributed by atoms with Crippen molar-refractivity contribution in [3.63, 3.8) is 0 Å². The van der Waals surface area contributed by atoms with E-state index in [4.69, 9.17) is 4.74 Å². The summed E-state index contributed by atoms with van der Waals surface area (Å²) in [6.45, 7) is 6.60. The molecule has 2 heterocycles. The monoisotopic (exact) mass is 347 g/mol. The Morgan fingerprint density at radius 2 is 2.17 bits per heavy atom. The Morgan fingerprint density at radius 1 is 1.38 bits per heavy atom. The van der Waals surface area contributed by atoms with Gasteiger partial charge in [-0.05, 0) is 45.4 Å². The third-order valence-corrected chi connectivity index (χ3v) is 4.56. The average molecular weight is 347 g/mol. The van der Waals surface area contributed by atoms with Gasteiger partial charge in [-0.25, -0.2) is 9.78 Å². The lowest BCUT2D eigenvalue weighted by atomic mass is 10.2. The number of nitrogens with one attached hydrogen (secondary N) is 1. The van der Waals surface area contributed by atoms with E-state index in [2.05, 4.69) is 10.3 Å². The standard InChI is InChI=1S/C17H21N3O3S/c1-17(2,3)23-16(22)20-7-6-12(9-20)19-15(21)11-4-5-13-14(8-11)24-10-18-13/h4-5,8,10,12H,6-7,9H2,1-3H3,(H,19,21)/t12-/m0/s1. The Balaban J connectivity index is 1.58. The van der Waals surface area contributed by atoms with Crippen molar-refractivity contribution < 1.29 is 14.3 Å². The molecule has 1 fully saturated rings. The van der Waals surface area contributed by atoms with Gasteiger partial charge in [-0.2, -0.15) is 0 Å². The number of thiazole rings is 1. The number of benzene rings is 1. The van der Waals surface area contributed by atoms with Crippen molar-refractivity contribution in [1.29, 1.82) is 0 Å². The van der Waals surface area contributed by atoms with Crippen molar-refractivity contribution in [3.8, 4) is 0 Å². The molecular weight excluding hydrogens is 326 g/mol. The summed E-state index contributed by atoms with van der Waals surface area (Å²) >= 11 is 1.51. The fraction of sp³-hybridized carbons (Fsp3) is 0.471. The zero-order valence-electron chi connectivity index (χ0n) is 14.0. The molecule has 1 atom stereocenters. The van der Waals surface area contributed by atoms with Crippen molar-refractivity contribution in [2.45, 2.75) is 38.8 Å². The molecule has 7 heteroatoms. The Hall–Kier alpha value is -2.15. The van der Waals surface area contributed by atoms with Crippen LogP contribution in [0.3, 0.4) is 0 Å². The molecule has 1 aliphatic heterocycles. The van der Waals surface area contributed by atoms with Crippen LogP contribution < -0.4 is 5.32 Å². The number of hydrogen-bond donors (Lipinski definition) is 1. The third-order valence-electron chi connectivity index (χ3n) is 3.77. The molecule has 0 radical (unpaired) electrons. The highest BCUT2D eigenvalue weighted by molar-refractivity contribution is 7.16. The van der Waals surface area contributed by atoms with Crippen LogP contribution in [0.4, 0.5) is 4.79 Å². The highest BCUT2D eigenvalue weighted by Crippen LogP contribution is 2.20. The summed E-state index contributed by atoms with van der Waals surface area (Å²) in [5.41, 5.74) is 2.76. The maximum absolute atomic E-state index is 12.4. The van der Waals surface area contributed by atoms with Crippen LogP contribution in [0.5, 0.6) is 0 Å². The smallest absolute Gasteiger partial charge is 0.410 e. The van der Waals surface area contributed by atoms with E-state index in [0.29, 0.717) is 18.7 Å². The number of fused-ring (bicyclic) bond motifs is 1. The Labute approximate surface area is 144 Å². The number of ether oxygens (including phenoxy) is 1. The molecule has 0 aliphatic carbocycles. The molecule has 128 valence electrons. The van der Waals surface area contributed by atoms with Crippen molar-refractivity contribution in [2.24, 2.45) is 0 Å². The Morgan fingerprint density at radius 3 is 2.92 bits per heavy atom. The number of likely N-dealkylation sites (tertiary alicyclic amines) is 1. The normalized spacial score (nSPS) is 18.0. The zero-order chi connectivity index (χ0) is 17.3. The minimum absolute atomic E-state index is 0.0535. The van der Waals surface area contributed by atoms with Gasteiger partial charge in [-0.1, -0.05) is 0 Å². The molecule has 1 aromatic carbocycles. The molecular formula is C17H21N3O3S. The second kappa shape index (κ2) is 6.39. The predicted molar refractivity (Wildman–Crippen MR) is 93.3 cm³/mol. The van der Waals surface area contributed by atoms with Crippen molar-refractivity contribution in [3.05, 3.63) is 29.3 Å². The van der Waals surface area contributed by atoms with Gasteiger partial charge in [-0.3, -0.25) is 4.79 Å². The minimum Gasteiger partial charge on any atom is -0.444 e. The van der Waals surface area contributed by atoms with Gasteiger partial charge < -0.3 is 15.0 Å². The first-order valence-electron chi connectivity index (χ1n) is 7.94. The molecule has 1 saturated heterocycles. The van der Waals surface area contributed by atoms with Gasteiger partial charge in [0.15, 0.2) is 0 Å². The largest absolute Gasteiger partial charge is 0.444 e. The fourth-order valence-electron chi connectivity index (χ4n) is 2.64. The highest BCUT2D eigenvalue weighted by atomic mass is 32.1. The molecule has 24 heavy (non-hydrogen) atoms. The van der Waals surface area contributed by atoms with Gasteiger partial charge in [0.05, 0.1) is 15.7 Å². The van der Waals surface area contributed by atoms with Crippen molar-refractivity contribution in [1.82, 2.24) is 15.2 Å². The number of rotatable bonds is 2. The first kappa shape index (κ1) is 16.7. The minimum atomic E-state index is -0.511. The molecule has 2 amide bonds. The second-order valence-corrected chi connectivity index (χ2v) is 7.81. The summed E-state index contributed by atoms with van der Waals surface area (Å²) < 4.78 is 6.36. The zero-order valence-corrected chi connectivity index (χ0v) is 14.9. The lowest BCUT2D eigenvalue weighted by molar-refractivity contribution is 0.0290. The molecule has 3 rings (SSSR count). The summed E-state index contributed by atoms with van der Waals surface area (Å²) in [6, 6.07) is 5.42. The lowest BCUT2D eigenvalue weighted by Crippen LogP contribution is -2.40. The molecule has 1 aromatic heterocycles. The van der Waals surface area contributed by atoms with E-state index in [-0.39, 0.29) is 18.0 Å². The number of carbonyl (C=O) groups excluding carboxylic acids is 2. The Kier molecular flexibility index (Phi) is 4.45. The van der Waals surface area contributed by atoms with Gasteiger partial charge >= 0.3 is 6.09 Å². The number of amides is 2. The summed E-state index contributed by atoms with van der Waals surface area (Å²) in [7, 11) is 0. The summed E-state index contributed by atoms with van der Waals surface area (Å²) in [4.78, 5) is 30.3. The van der Waals surface area contributed by atoms with Gasteiger partial charge in [0.1, 0.15) is 5.60 Å². The number of nitrogens with zero attached hydrogens (tertiary/aromatic N) is 2. The summed E-state index contributed by atoms with van der Waals surface area (Å²) in [6.07, 6.45) is 0.402. The van der Waals surface area contributed by atoms with Gasteiger partial charge in [-0.15, -0.1) is 11.3 Å². The van der Waals surface area contributed by atoms with Crippen LogP contribution in [0.1, 0.15) is 37.6 Å². The average Bonchev–Trinajstić information content (AvgIpc) is 3.13. The Bertz CT molecular complexity index is 766. The summed E-state index contributed by atoms with van der Waals surface area (Å²) in [5, 5.41) is 3.00. The molecule has 0 spiro atoms. The first-order valence-corrected chi connectivity index (χ1v) is 8.82. The van der Waals surface area contributed by atoms with Crippen LogP contribution in [0, 0.1) is 0 Å². The third kappa shape index (κ3) is 3.84. The maximum atomic E-state index is 12.4. The van der Waals surface area contributed by atoms with Crippen molar-refractivity contribution >= 4 is 33.6 Å². The molecule has 1 aliphatic rings. The summed E-state index contributed by atoms with van der Waals surface area (Å²) in [5.74, 6) is -0.124. The highest BCUT2D eigenvalue weighted by Gasteiger charge is 2.30. The van der Waals surface area contributed by atoms with E-state index >= 15 is 0 Å². The second-order valence-electron chi connectivity index (χ2n) is 6.92. The number of carbonyl (C=O) groups is 2. The van der Waals surface area contributed by atoms with E-state index in [1.165, 1.54) is 11.3 Å². The van der Waals surface area contributed by atoms with E-state index in [9.17, 15) is 9.59 Å². The number of hydrogen-bond acceptors (Lipinski definition) is 5. The van der Waals surface area contributed by atoms with Crippen LogP contribution in [0.25, 0.3) is 10.2 Å². The quantitative estimate of drug-likeness (QED) is 0.906. The van der Waals surface area contributed by atoms with E-state index < -0.39 is 5.60 Å². The molecule has 0 bridgehead atoms. The number of aromatic nitrogens is 1. The molecule has 6 nitrogen and oxygen atoms in total.